The Hall–Kier alpha value is -7.32. The number of hydrogen-bond acceptors (Lipinski definition) is 0. The van der Waals surface area contributed by atoms with E-state index in [1.54, 1.807) is 5.20 Å². The van der Waals surface area contributed by atoms with Gasteiger partial charge in [-0.2, -0.15) is 0 Å². The van der Waals surface area contributed by atoms with Crippen LogP contribution in [0.2, 0.25) is 0 Å². The van der Waals surface area contributed by atoms with Crippen LogP contribution in [0.1, 0.15) is 94.5 Å². The quantitative estimate of drug-likeness (QED) is 0.0946. The molecule has 0 saturated carbocycles. The fourth-order valence-electron chi connectivity index (χ4n) is 14.0. The van der Waals surface area contributed by atoms with E-state index in [0.29, 0.717) is 0 Å². The molecule has 1 atom stereocenters. The van der Waals surface area contributed by atoms with E-state index < -0.39 is 8.07 Å². The Bertz CT molecular complexity index is 3190. The maximum absolute atomic E-state index is 3.56. The molecule has 9 aromatic carbocycles. The second kappa shape index (κ2) is 20.3. The van der Waals surface area contributed by atoms with Crippen LogP contribution >= 0.6 is 0 Å². The van der Waals surface area contributed by atoms with E-state index in [-0.39, 0.29) is 5.92 Å². The SMILES string of the molecule is CC1=C(C)C(C)C([Si](c2cc(-c3c(C)cccc3C)cc(-c3c(C)cccc3C)c2)(c2cc(-c3c(C)cccc3C)cc(-c3c(C)cccc3C)c2)c2cc(-c3c(C)cccc3C)cc(-c3c(C)cccc3C)c2)=C1C. The van der Waals surface area contributed by atoms with E-state index in [4.69, 9.17) is 0 Å². The third-order valence-electron chi connectivity index (χ3n) is 17.8. The molecule has 0 fully saturated rings. The Balaban J connectivity index is 1.53. The summed E-state index contributed by atoms with van der Waals surface area (Å²) in [6.07, 6.45) is 0. The molecule has 0 nitrogen and oxygen atoms in total. The zero-order valence-electron chi connectivity index (χ0n) is 48.2. The predicted molar refractivity (Wildman–Crippen MR) is 334 cm³/mol. The van der Waals surface area contributed by atoms with Crippen molar-refractivity contribution >= 4 is 23.6 Å². The summed E-state index contributed by atoms with van der Waals surface area (Å²) in [6.45, 7) is 37.4. The van der Waals surface area contributed by atoms with Gasteiger partial charge in [0.1, 0.15) is 0 Å². The molecule has 0 N–H and O–H groups in total. The summed E-state index contributed by atoms with van der Waals surface area (Å²) in [6, 6.07) is 64.5. The van der Waals surface area contributed by atoms with Crippen molar-refractivity contribution in [3.63, 3.8) is 0 Å². The molecule has 0 spiro atoms. The van der Waals surface area contributed by atoms with Crippen LogP contribution in [-0.4, -0.2) is 8.07 Å². The van der Waals surface area contributed by atoms with E-state index >= 15 is 0 Å². The van der Waals surface area contributed by atoms with Gasteiger partial charge < -0.3 is 0 Å². The molecule has 0 bridgehead atoms. The van der Waals surface area contributed by atoms with E-state index in [9.17, 15) is 0 Å². The second-order valence-electron chi connectivity index (χ2n) is 22.8. The molecule has 0 heterocycles. The Morgan fingerprint density at radius 1 is 0.250 bits per heavy atom. The van der Waals surface area contributed by atoms with Crippen LogP contribution in [0.5, 0.6) is 0 Å². The number of rotatable bonds is 10. The summed E-state index contributed by atoms with van der Waals surface area (Å²) in [5.74, 6) is 0.180. The van der Waals surface area contributed by atoms with Crippen molar-refractivity contribution in [2.24, 2.45) is 5.92 Å². The number of hydrogen-bond donors (Lipinski definition) is 0. The van der Waals surface area contributed by atoms with Gasteiger partial charge in [0.2, 0.25) is 0 Å². The molecular formula is C75H76Si. The summed E-state index contributed by atoms with van der Waals surface area (Å²) in [5, 5.41) is 5.80. The zero-order valence-corrected chi connectivity index (χ0v) is 49.2. The van der Waals surface area contributed by atoms with E-state index in [1.165, 1.54) is 166 Å². The van der Waals surface area contributed by atoms with Crippen LogP contribution in [0.15, 0.2) is 186 Å². The largest absolute Gasteiger partial charge is 0.176 e. The Morgan fingerprint density at radius 2 is 0.434 bits per heavy atom. The highest BCUT2D eigenvalue weighted by molar-refractivity contribution is 7.16. The van der Waals surface area contributed by atoms with Gasteiger partial charge in [0.25, 0.3) is 0 Å². The van der Waals surface area contributed by atoms with E-state index in [1.807, 2.05) is 0 Å². The molecule has 1 aliphatic carbocycles. The monoisotopic (exact) mass is 1000 g/mol. The van der Waals surface area contributed by atoms with Crippen molar-refractivity contribution in [2.75, 3.05) is 0 Å². The van der Waals surface area contributed by atoms with E-state index in [0.717, 1.165) is 0 Å². The molecule has 0 amide bonds. The summed E-state index contributed by atoms with van der Waals surface area (Å²) in [7, 11) is -3.56. The first-order chi connectivity index (χ1) is 36.3. The zero-order chi connectivity index (χ0) is 54.1. The summed E-state index contributed by atoms with van der Waals surface area (Å²) < 4.78 is 0. The number of aryl methyl sites for hydroxylation is 12. The second-order valence-corrected chi connectivity index (χ2v) is 26.6. The van der Waals surface area contributed by atoms with Crippen LogP contribution in [0, 0.1) is 89.0 Å². The van der Waals surface area contributed by atoms with E-state index in [2.05, 4.69) is 275 Å². The van der Waals surface area contributed by atoms with Gasteiger partial charge in [-0.05, 0) is 283 Å². The first kappa shape index (κ1) is 52.1. The maximum Gasteiger partial charge on any atom is 0.176 e. The van der Waals surface area contributed by atoms with Gasteiger partial charge in [0.05, 0.1) is 0 Å². The fourth-order valence-corrected chi connectivity index (χ4v) is 19.7. The van der Waals surface area contributed by atoms with Crippen LogP contribution in [-0.2, 0) is 0 Å². The first-order valence-corrected chi connectivity index (χ1v) is 29.6. The predicted octanol–water partition coefficient (Wildman–Crippen LogP) is 18.7. The minimum atomic E-state index is -3.56. The topological polar surface area (TPSA) is 0 Å². The van der Waals surface area contributed by atoms with Crippen molar-refractivity contribution in [1.82, 2.24) is 0 Å². The molecule has 76 heavy (non-hydrogen) atoms. The lowest BCUT2D eigenvalue weighted by atomic mass is 9.90. The summed E-state index contributed by atoms with van der Waals surface area (Å²) >= 11 is 0. The Labute approximate surface area is 457 Å². The minimum Gasteiger partial charge on any atom is -0.0636 e. The van der Waals surface area contributed by atoms with Crippen molar-refractivity contribution in [3.05, 3.63) is 252 Å². The first-order valence-electron chi connectivity index (χ1n) is 27.6. The fraction of sp³-hybridized carbons (Fsp3) is 0.227. The van der Waals surface area contributed by atoms with Crippen molar-refractivity contribution in [1.29, 1.82) is 0 Å². The third kappa shape index (κ3) is 8.81. The lowest BCUT2D eigenvalue weighted by Gasteiger charge is -2.40. The lowest BCUT2D eigenvalue weighted by molar-refractivity contribution is 0.851. The van der Waals surface area contributed by atoms with Gasteiger partial charge in [-0.15, -0.1) is 0 Å². The van der Waals surface area contributed by atoms with Gasteiger partial charge in [-0.25, -0.2) is 0 Å². The highest BCUT2D eigenvalue weighted by Crippen LogP contribution is 2.45. The van der Waals surface area contributed by atoms with Gasteiger partial charge in [-0.1, -0.05) is 169 Å². The molecule has 1 heteroatoms. The van der Waals surface area contributed by atoms with Crippen molar-refractivity contribution in [2.45, 2.75) is 111 Å². The highest BCUT2D eigenvalue weighted by Gasteiger charge is 2.49. The Morgan fingerprint density at radius 3 is 0.592 bits per heavy atom. The minimum absolute atomic E-state index is 0.180. The number of allylic oxidation sites excluding steroid dienone is 4. The van der Waals surface area contributed by atoms with Crippen LogP contribution in [0.4, 0.5) is 0 Å². The molecule has 1 aliphatic rings. The van der Waals surface area contributed by atoms with Crippen molar-refractivity contribution < 1.29 is 0 Å². The van der Waals surface area contributed by atoms with Crippen LogP contribution in [0.25, 0.3) is 66.8 Å². The molecule has 0 aliphatic heterocycles. The molecule has 10 rings (SSSR count). The smallest absolute Gasteiger partial charge is 0.0636 e. The molecule has 0 saturated heterocycles. The number of benzene rings is 9. The average Bonchev–Trinajstić information content (AvgIpc) is 3.55. The van der Waals surface area contributed by atoms with Gasteiger partial charge in [0.15, 0.2) is 8.07 Å². The lowest BCUT2D eigenvalue weighted by Crippen LogP contribution is -2.69. The van der Waals surface area contributed by atoms with Crippen molar-refractivity contribution in [3.8, 4) is 66.8 Å². The molecule has 380 valence electrons. The van der Waals surface area contributed by atoms with Gasteiger partial charge >= 0.3 is 0 Å². The van der Waals surface area contributed by atoms with Crippen LogP contribution in [0.3, 0.4) is 0 Å². The maximum atomic E-state index is 2.67. The normalized spacial score (nSPS) is 13.8. The summed E-state index contributed by atoms with van der Waals surface area (Å²) in [4.78, 5) is 0. The standard InChI is InChI=1S/C75H76Si/c1-44-23-17-24-45(2)69(44)60-35-61(70-46(3)25-18-26-47(70)4)39-66(38-60)76(75-58(15)56(13)57(14)59(75)16,67-40-62(71-48(5)27-19-28-49(71)6)36-63(41-67)72-50(7)29-20-30-51(72)8)68-42-64(73-52(9)31-21-32-53(73)10)37-65(43-68)74-54(11)33-22-34-55(74)12/h17-43,58H,1-16H3. The molecule has 1 unspecified atom stereocenters. The van der Waals surface area contributed by atoms with Gasteiger partial charge in [0, 0.05) is 0 Å². The molecule has 0 aromatic heterocycles. The van der Waals surface area contributed by atoms with Crippen LogP contribution < -0.4 is 15.6 Å². The molecule has 0 radical (unpaired) electrons. The average molecular weight is 1010 g/mol. The Kier molecular flexibility index (Phi) is 13.9. The van der Waals surface area contributed by atoms with Gasteiger partial charge in [-0.3, -0.25) is 0 Å². The molecular weight excluding hydrogens is 929 g/mol. The molecule has 9 aromatic rings. The summed E-state index contributed by atoms with van der Waals surface area (Å²) in [5.41, 5.74) is 35.3. The highest BCUT2D eigenvalue weighted by atomic mass is 28.3. The third-order valence-corrected chi connectivity index (χ3v) is 22.8.